The van der Waals surface area contributed by atoms with Gasteiger partial charge < -0.3 is 9.67 Å². The third kappa shape index (κ3) is 1.62. The number of fused-ring (bicyclic) bond motifs is 1. The largest absolute Gasteiger partial charge is 0.387 e. The topological polar surface area (TPSA) is 42.2 Å². The lowest BCUT2D eigenvalue weighted by Gasteiger charge is -2.14. The number of nitrogens with zero attached hydrogens (tertiary/aromatic N) is 1. The van der Waals surface area contributed by atoms with Gasteiger partial charge in [0.25, 0.3) is 0 Å². The van der Waals surface area contributed by atoms with Gasteiger partial charge in [0, 0.05) is 13.1 Å². The number of hydrogen-bond acceptors (Lipinski definition) is 2. The maximum Gasteiger partial charge on any atom is 0.191 e. The molecule has 3 nitrogen and oxygen atoms in total. The van der Waals surface area contributed by atoms with Crippen molar-refractivity contribution >= 4 is 22.5 Å². The fourth-order valence-corrected chi connectivity index (χ4v) is 2.14. The van der Waals surface area contributed by atoms with Crippen molar-refractivity contribution in [3.05, 3.63) is 45.2 Å². The predicted octanol–water partition coefficient (Wildman–Crippen LogP) is 2.25. The van der Waals surface area contributed by atoms with Gasteiger partial charge in [0.2, 0.25) is 0 Å². The Morgan fingerprint density at radius 2 is 2.12 bits per heavy atom. The molecule has 1 atom stereocenters. The molecule has 0 radical (unpaired) electrons. The summed E-state index contributed by atoms with van der Waals surface area (Å²) in [5.41, 5.74) is 1.16. The number of aliphatic hydroxyl groups is 1. The summed E-state index contributed by atoms with van der Waals surface area (Å²) in [6.07, 6.45) is -0.680. The minimum Gasteiger partial charge on any atom is -0.387 e. The van der Waals surface area contributed by atoms with E-state index in [4.69, 9.17) is 11.6 Å². The normalized spacial score (nSPS) is 13.0. The fourth-order valence-electron chi connectivity index (χ4n) is 1.88. The number of benzene rings is 1. The van der Waals surface area contributed by atoms with E-state index in [1.54, 1.807) is 30.7 Å². The Hall–Kier alpha value is -1.32. The first-order valence-corrected chi connectivity index (χ1v) is 5.36. The van der Waals surface area contributed by atoms with Gasteiger partial charge in [-0.05, 0) is 19.1 Å². The molecule has 16 heavy (non-hydrogen) atoms. The highest BCUT2D eigenvalue weighted by Gasteiger charge is 2.11. The van der Waals surface area contributed by atoms with E-state index < -0.39 is 6.10 Å². The van der Waals surface area contributed by atoms with Crippen molar-refractivity contribution in [3.8, 4) is 0 Å². The number of aryl methyl sites for hydroxylation is 1. The number of aromatic nitrogens is 1. The molecule has 0 saturated heterocycles. The number of halogens is 1. The average Bonchev–Trinajstić information content (AvgIpc) is 2.22. The zero-order valence-corrected chi connectivity index (χ0v) is 9.82. The summed E-state index contributed by atoms with van der Waals surface area (Å²) in [6.45, 7) is 1.63. The Morgan fingerprint density at radius 1 is 1.44 bits per heavy atom. The van der Waals surface area contributed by atoms with Gasteiger partial charge in [-0.3, -0.25) is 4.79 Å². The van der Waals surface area contributed by atoms with Crippen LogP contribution in [0.4, 0.5) is 0 Å². The van der Waals surface area contributed by atoms with E-state index in [9.17, 15) is 9.90 Å². The minimum atomic E-state index is -0.680. The highest BCUT2D eigenvalue weighted by Crippen LogP contribution is 2.22. The van der Waals surface area contributed by atoms with Crippen molar-refractivity contribution in [2.24, 2.45) is 7.05 Å². The molecule has 2 aromatic rings. The summed E-state index contributed by atoms with van der Waals surface area (Å²) < 4.78 is 1.78. The first kappa shape index (κ1) is 11.2. The molecule has 0 saturated carbocycles. The van der Waals surface area contributed by atoms with E-state index in [0.29, 0.717) is 16.1 Å². The molecule has 0 bridgehead atoms. The first-order valence-electron chi connectivity index (χ1n) is 4.98. The Labute approximate surface area is 97.9 Å². The van der Waals surface area contributed by atoms with E-state index in [0.717, 1.165) is 5.52 Å². The van der Waals surface area contributed by atoms with Crippen LogP contribution >= 0.6 is 11.6 Å². The molecule has 1 aromatic heterocycles. The van der Waals surface area contributed by atoms with Crippen LogP contribution in [0.15, 0.2) is 29.1 Å². The van der Waals surface area contributed by atoms with Crippen LogP contribution in [0.2, 0.25) is 5.02 Å². The number of pyridine rings is 1. The van der Waals surface area contributed by atoms with E-state index in [1.807, 2.05) is 6.07 Å². The molecule has 84 valence electrons. The summed E-state index contributed by atoms with van der Waals surface area (Å²) in [4.78, 5) is 11.9. The van der Waals surface area contributed by atoms with Crippen LogP contribution in [0.25, 0.3) is 10.9 Å². The fraction of sp³-hybridized carbons (Fsp3) is 0.250. The monoisotopic (exact) mass is 237 g/mol. The highest BCUT2D eigenvalue weighted by atomic mass is 35.5. The van der Waals surface area contributed by atoms with Crippen LogP contribution in [0.5, 0.6) is 0 Å². The van der Waals surface area contributed by atoms with Gasteiger partial charge in [0.05, 0.1) is 27.7 Å². The van der Waals surface area contributed by atoms with E-state index in [1.165, 1.54) is 6.07 Å². The van der Waals surface area contributed by atoms with Crippen LogP contribution in [0, 0.1) is 0 Å². The number of aliphatic hydroxyl groups excluding tert-OH is 1. The predicted molar refractivity (Wildman–Crippen MR) is 64.8 cm³/mol. The molecule has 0 aliphatic heterocycles. The molecule has 2 rings (SSSR count). The molecule has 0 aliphatic rings. The van der Waals surface area contributed by atoms with Crippen molar-refractivity contribution in [1.82, 2.24) is 4.57 Å². The van der Waals surface area contributed by atoms with Crippen molar-refractivity contribution in [1.29, 1.82) is 0 Å². The van der Waals surface area contributed by atoms with Gasteiger partial charge in [0.1, 0.15) is 0 Å². The summed E-state index contributed by atoms with van der Waals surface area (Å²) in [5.74, 6) is 0. The second-order valence-electron chi connectivity index (χ2n) is 3.80. The Kier molecular flexibility index (Phi) is 2.74. The Bertz CT molecular complexity index is 602. The molecule has 1 aromatic carbocycles. The first-order chi connectivity index (χ1) is 7.52. The van der Waals surface area contributed by atoms with Crippen LogP contribution in [-0.4, -0.2) is 9.67 Å². The van der Waals surface area contributed by atoms with E-state index in [-0.39, 0.29) is 5.43 Å². The highest BCUT2D eigenvalue weighted by molar-refractivity contribution is 6.35. The molecular formula is C12H12ClNO2. The maximum atomic E-state index is 11.9. The van der Waals surface area contributed by atoms with Crippen molar-refractivity contribution in [3.63, 3.8) is 0 Å². The maximum absolute atomic E-state index is 11.9. The molecule has 0 amide bonds. The van der Waals surface area contributed by atoms with Crippen LogP contribution in [-0.2, 0) is 7.05 Å². The Balaban J connectivity index is 2.96. The lowest BCUT2D eigenvalue weighted by molar-refractivity contribution is 0.190. The zero-order chi connectivity index (χ0) is 11.9. The lowest BCUT2D eigenvalue weighted by atomic mass is 10.1. The molecule has 0 unspecified atom stereocenters. The van der Waals surface area contributed by atoms with Gasteiger partial charge in [-0.15, -0.1) is 0 Å². The number of hydrogen-bond donors (Lipinski definition) is 1. The SMILES string of the molecule is C[C@@H](O)c1cc(=O)c2c(Cl)cccc2n1C. The second-order valence-corrected chi connectivity index (χ2v) is 4.21. The molecule has 0 aliphatic carbocycles. The van der Waals surface area contributed by atoms with Crippen LogP contribution in [0.1, 0.15) is 18.7 Å². The van der Waals surface area contributed by atoms with Crippen molar-refractivity contribution in [2.75, 3.05) is 0 Å². The minimum absolute atomic E-state index is 0.158. The molecule has 1 heterocycles. The number of rotatable bonds is 1. The quantitative estimate of drug-likeness (QED) is 0.827. The average molecular weight is 238 g/mol. The lowest BCUT2D eigenvalue weighted by Crippen LogP contribution is -2.13. The zero-order valence-electron chi connectivity index (χ0n) is 9.07. The second kappa shape index (κ2) is 3.92. The standard InChI is InChI=1S/C12H12ClNO2/c1-7(15)10-6-11(16)12-8(13)4-3-5-9(12)14(10)2/h3-7,15H,1-2H3/t7-/m1/s1. The van der Waals surface area contributed by atoms with Gasteiger partial charge >= 0.3 is 0 Å². The summed E-state index contributed by atoms with van der Waals surface area (Å²) in [5, 5.41) is 10.5. The van der Waals surface area contributed by atoms with Gasteiger partial charge in [0.15, 0.2) is 5.43 Å². The van der Waals surface area contributed by atoms with E-state index >= 15 is 0 Å². The molecule has 1 N–H and O–H groups in total. The third-order valence-electron chi connectivity index (χ3n) is 2.69. The molecular weight excluding hydrogens is 226 g/mol. The third-order valence-corrected chi connectivity index (χ3v) is 3.01. The van der Waals surface area contributed by atoms with Crippen molar-refractivity contribution < 1.29 is 5.11 Å². The van der Waals surface area contributed by atoms with Gasteiger partial charge in [-0.25, -0.2) is 0 Å². The molecule has 4 heteroatoms. The molecule has 0 fully saturated rings. The molecule has 0 spiro atoms. The summed E-state index contributed by atoms with van der Waals surface area (Å²) in [6, 6.07) is 6.72. The summed E-state index contributed by atoms with van der Waals surface area (Å²) in [7, 11) is 1.81. The van der Waals surface area contributed by atoms with Gasteiger partial charge in [-0.2, -0.15) is 0 Å². The van der Waals surface area contributed by atoms with Crippen LogP contribution < -0.4 is 5.43 Å². The van der Waals surface area contributed by atoms with Crippen LogP contribution in [0.3, 0.4) is 0 Å². The smallest absolute Gasteiger partial charge is 0.191 e. The van der Waals surface area contributed by atoms with Crippen molar-refractivity contribution in [2.45, 2.75) is 13.0 Å². The van der Waals surface area contributed by atoms with E-state index in [2.05, 4.69) is 0 Å². The Morgan fingerprint density at radius 3 is 2.75 bits per heavy atom. The van der Waals surface area contributed by atoms with Gasteiger partial charge in [-0.1, -0.05) is 17.7 Å². The summed E-state index contributed by atoms with van der Waals surface area (Å²) >= 11 is 5.99.